The Morgan fingerprint density at radius 2 is 2.00 bits per heavy atom. The van der Waals surface area contributed by atoms with Gasteiger partial charge in [-0.3, -0.25) is 9.20 Å². The van der Waals surface area contributed by atoms with Gasteiger partial charge in [-0.05, 0) is 29.8 Å². The maximum atomic E-state index is 14.5. The van der Waals surface area contributed by atoms with E-state index in [-0.39, 0.29) is 18.3 Å². The number of nitrogens with zero attached hydrogens (tertiary/aromatic N) is 5. The minimum absolute atomic E-state index is 0.165. The summed E-state index contributed by atoms with van der Waals surface area (Å²) in [5.41, 5.74) is 4.12. The van der Waals surface area contributed by atoms with E-state index in [0.717, 1.165) is 16.7 Å². The SMILES string of the molecule is COc1ccc(-c2ccc(F)c(CN3Cc4ccc5nncn5c4C3=O)c2)cn1. The molecule has 8 heteroatoms. The Kier molecular flexibility index (Phi) is 3.97. The standard InChI is InChI=1S/C21H16FN5O2/c1-29-19-7-4-14(9-23-19)13-2-5-17(22)16(8-13)11-26-10-15-3-6-18-25-24-12-27(18)20(15)21(26)28/h2-9,12H,10-11H2,1H3. The normalized spacial score (nSPS) is 13.2. The van der Waals surface area contributed by atoms with Gasteiger partial charge in [-0.2, -0.15) is 0 Å². The van der Waals surface area contributed by atoms with Gasteiger partial charge in [0.15, 0.2) is 5.65 Å². The van der Waals surface area contributed by atoms with E-state index in [1.54, 1.807) is 40.8 Å². The minimum atomic E-state index is -0.353. The first-order chi connectivity index (χ1) is 14.1. The first-order valence-electron chi connectivity index (χ1n) is 9.04. The zero-order valence-corrected chi connectivity index (χ0v) is 15.5. The van der Waals surface area contributed by atoms with Crippen molar-refractivity contribution in [2.75, 3.05) is 7.11 Å². The highest BCUT2D eigenvalue weighted by molar-refractivity contribution is 5.97. The molecule has 3 aromatic heterocycles. The van der Waals surface area contributed by atoms with Gasteiger partial charge in [0.05, 0.1) is 7.11 Å². The number of carbonyl (C=O) groups is 1. The van der Waals surface area contributed by atoms with Crippen molar-refractivity contribution in [3.63, 3.8) is 0 Å². The number of carbonyl (C=O) groups excluding carboxylic acids is 1. The van der Waals surface area contributed by atoms with Crippen LogP contribution < -0.4 is 4.74 Å². The maximum absolute atomic E-state index is 14.5. The number of halogens is 1. The molecule has 4 heterocycles. The molecule has 0 spiro atoms. The van der Waals surface area contributed by atoms with Crippen molar-refractivity contribution in [1.82, 2.24) is 24.5 Å². The van der Waals surface area contributed by atoms with E-state index >= 15 is 0 Å². The number of hydrogen-bond donors (Lipinski definition) is 0. The molecular formula is C21H16FN5O2. The predicted octanol–water partition coefficient (Wildman–Crippen LogP) is 3.10. The van der Waals surface area contributed by atoms with Crippen molar-refractivity contribution in [3.8, 4) is 17.0 Å². The van der Waals surface area contributed by atoms with Crippen molar-refractivity contribution >= 4 is 11.6 Å². The molecule has 0 fully saturated rings. The first kappa shape index (κ1) is 17.3. The molecule has 0 N–H and O–H groups in total. The van der Waals surface area contributed by atoms with Gasteiger partial charge in [0.1, 0.15) is 17.8 Å². The molecule has 5 rings (SSSR count). The summed E-state index contributed by atoms with van der Waals surface area (Å²) in [6, 6.07) is 12.2. The Morgan fingerprint density at radius 3 is 2.79 bits per heavy atom. The van der Waals surface area contributed by atoms with Crippen molar-refractivity contribution in [3.05, 3.63) is 77.6 Å². The van der Waals surface area contributed by atoms with Crippen LogP contribution in [0.5, 0.6) is 5.88 Å². The highest BCUT2D eigenvalue weighted by Crippen LogP contribution is 2.28. The Labute approximate surface area is 165 Å². The first-order valence-corrected chi connectivity index (χ1v) is 9.04. The topological polar surface area (TPSA) is 72.6 Å². The van der Waals surface area contributed by atoms with Gasteiger partial charge in [-0.1, -0.05) is 12.1 Å². The number of rotatable bonds is 4. The smallest absolute Gasteiger partial charge is 0.271 e. The van der Waals surface area contributed by atoms with Crippen LogP contribution in [0.2, 0.25) is 0 Å². The molecule has 1 aliphatic heterocycles. The lowest BCUT2D eigenvalue weighted by molar-refractivity contribution is 0.0760. The molecule has 0 unspecified atom stereocenters. The average Bonchev–Trinajstić information content (AvgIpc) is 3.34. The van der Waals surface area contributed by atoms with Crippen LogP contribution in [-0.4, -0.2) is 37.5 Å². The van der Waals surface area contributed by atoms with Crippen molar-refractivity contribution in [2.45, 2.75) is 13.1 Å². The van der Waals surface area contributed by atoms with Gasteiger partial charge in [-0.25, -0.2) is 9.37 Å². The molecule has 0 saturated heterocycles. The molecule has 29 heavy (non-hydrogen) atoms. The van der Waals surface area contributed by atoms with Crippen LogP contribution in [0.15, 0.2) is 55.0 Å². The minimum Gasteiger partial charge on any atom is -0.481 e. The molecule has 4 aromatic rings. The summed E-state index contributed by atoms with van der Waals surface area (Å²) < 4.78 is 21.3. The van der Waals surface area contributed by atoms with Gasteiger partial charge < -0.3 is 9.64 Å². The number of hydrogen-bond acceptors (Lipinski definition) is 5. The van der Waals surface area contributed by atoms with Crippen molar-refractivity contribution in [2.24, 2.45) is 0 Å². The van der Waals surface area contributed by atoms with Crippen LogP contribution in [0, 0.1) is 5.82 Å². The lowest BCUT2D eigenvalue weighted by Gasteiger charge is -2.17. The van der Waals surface area contributed by atoms with Crippen molar-refractivity contribution in [1.29, 1.82) is 0 Å². The number of benzene rings is 1. The quantitative estimate of drug-likeness (QED) is 0.536. The van der Waals surface area contributed by atoms with Gasteiger partial charge >= 0.3 is 0 Å². The number of fused-ring (bicyclic) bond motifs is 3. The van der Waals surface area contributed by atoms with Crippen LogP contribution in [0.25, 0.3) is 16.8 Å². The lowest BCUT2D eigenvalue weighted by atomic mass is 10.0. The second-order valence-corrected chi connectivity index (χ2v) is 6.82. The molecular weight excluding hydrogens is 373 g/mol. The number of pyridine rings is 2. The zero-order valence-electron chi connectivity index (χ0n) is 15.5. The number of methoxy groups -OCH3 is 1. The Bertz CT molecular complexity index is 1240. The van der Waals surface area contributed by atoms with Crippen LogP contribution >= 0.6 is 0 Å². The molecule has 0 radical (unpaired) electrons. The fraction of sp³-hybridized carbons (Fsp3) is 0.143. The summed E-state index contributed by atoms with van der Waals surface area (Å²) in [5, 5.41) is 7.84. The lowest BCUT2D eigenvalue weighted by Crippen LogP contribution is -2.24. The zero-order chi connectivity index (χ0) is 20.0. The fourth-order valence-corrected chi connectivity index (χ4v) is 3.61. The molecule has 1 amide bonds. The van der Waals surface area contributed by atoms with Gasteiger partial charge in [0, 0.05) is 42.0 Å². The van der Waals surface area contributed by atoms with E-state index in [1.165, 1.54) is 12.4 Å². The molecule has 0 atom stereocenters. The second kappa shape index (κ2) is 6.66. The summed E-state index contributed by atoms with van der Waals surface area (Å²) >= 11 is 0. The van der Waals surface area contributed by atoms with E-state index in [2.05, 4.69) is 15.2 Å². The Morgan fingerprint density at radius 1 is 1.14 bits per heavy atom. The molecule has 1 aliphatic rings. The predicted molar refractivity (Wildman–Crippen MR) is 103 cm³/mol. The molecule has 7 nitrogen and oxygen atoms in total. The van der Waals surface area contributed by atoms with Gasteiger partial charge in [0.2, 0.25) is 5.88 Å². The summed E-state index contributed by atoms with van der Waals surface area (Å²) in [4.78, 5) is 18.8. The summed E-state index contributed by atoms with van der Waals surface area (Å²) in [5.74, 6) is -0.00782. The highest BCUT2D eigenvalue weighted by Gasteiger charge is 2.30. The molecule has 1 aromatic carbocycles. The summed E-state index contributed by atoms with van der Waals surface area (Å²) in [7, 11) is 1.55. The fourth-order valence-electron chi connectivity index (χ4n) is 3.61. The third-order valence-electron chi connectivity index (χ3n) is 5.09. The summed E-state index contributed by atoms with van der Waals surface area (Å²) in [6.07, 6.45) is 3.20. The van der Waals surface area contributed by atoms with Crippen LogP contribution in [0.3, 0.4) is 0 Å². The van der Waals surface area contributed by atoms with E-state index in [1.807, 2.05) is 18.2 Å². The highest BCUT2D eigenvalue weighted by atomic mass is 19.1. The Balaban J connectivity index is 1.45. The van der Waals surface area contributed by atoms with E-state index in [0.29, 0.717) is 29.3 Å². The number of amides is 1. The van der Waals surface area contributed by atoms with Crippen LogP contribution in [-0.2, 0) is 13.1 Å². The van der Waals surface area contributed by atoms with E-state index in [9.17, 15) is 9.18 Å². The maximum Gasteiger partial charge on any atom is 0.271 e. The Hall–Kier alpha value is -3.81. The monoisotopic (exact) mass is 389 g/mol. The van der Waals surface area contributed by atoms with E-state index < -0.39 is 0 Å². The van der Waals surface area contributed by atoms with Crippen LogP contribution in [0.4, 0.5) is 4.39 Å². The average molecular weight is 389 g/mol. The van der Waals surface area contributed by atoms with Gasteiger partial charge in [0.25, 0.3) is 5.91 Å². The molecule has 0 aliphatic carbocycles. The molecule has 0 saturated carbocycles. The number of aromatic nitrogens is 4. The van der Waals surface area contributed by atoms with Crippen molar-refractivity contribution < 1.29 is 13.9 Å². The third kappa shape index (κ3) is 2.89. The second-order valence-electron chi connectivity index (χ2n) is 6.82. The largest absolute Gasteiger partial charge is 0.481 e. The number of ether oxygens (including phenoxy) is 1. The summed E-state index contributed by atoms with van der Waals surface area (Å²) in [6.45, 7) is 0.580. The van der Waals surface area contributed by atoms with E-state index in [4.69, 9.17) is 4.74 Å². The third-order valence-corrected chi connectivity index (χ3v) is 5.09. The molecule has 0 bridgehead atoms. The van der Waals surface area contributed by atoms with Crippen LogP contribution in [0.1, 0.15) is 21.6 Å². The molecule has 144 valence electrons. The van der Waals surface area contributed by atoms with Gasteiger partial charge in [-0.15, -0.1) is 10.2 Å².